The molecule has 1 spiro atoms. The van der Waals surface area contributed by atoms with Crippen LogP contribution in [0, 0.1) is 5.82 Å². The molecule has 2 heterocycles. The van der Waals surface area contributed by atoms with E-state index in [0.29, 0.717) is 32.4 Å². The molecule has 23 heavy (non-hydrogen) atoms. The van der Waals surface area contributed by atoms with E-state index in [1.54, 1.807) is 18.0 Å². The van der Waals surface area contributed by atoms with Gasteiger partial charge in [0.15, 0.2) is 0 Å². The third-order valence-electron chi connectivity index (χ3n) is 4.53. The Kier molecular flexibility index (Phi) is 3.97. The molecule has 3 rings (SSSR count). The van der Waals surface area contributed by atoms with Crippen molar-refractivity contribution in [2.45, 2.75) is 24.9 Å². The third-order valence-corrected chi connectivity index (χ3v) is 4.53. The fourth-order valence-corrected chi connectivity index (χ4v) is 3.19. The number of carbonyl (C=O) groups is 2. The number of likely N-dealkylation sites (tertiary alicyclic amines) is 1. The molecule has 0 aliphatic carbocycles. The Bertz CT molecular complexity index is 641. The van der Waals surface area contributed by atoms with Crippen LogP contribution in [0.4, 0.5) is 4.39 Å². The number of rotatable bonds is 2. The van der Waals surface area contributed by atoms with Crippen molar-refractivity contribution < 1.29 is 23.6 Å². The molecule has 2 fully saturated rings. The Morgan fingerprint density at radius 2 is 2.04 bits per heavy atom. The van der Waals surface area contributed by atoms with Gasteiger partial charge < -0.3 is 9.64 Å². The summed E-state index contributed by atoms with van der Waals surface area (Å²) in [4.78, 5) is 31.5. The van der Waals surface area contributed by atoms with Crippen molar-refractivity contribution in [3.8, 4) is 5.75 Å². The number of carbonyl (C=O) groups excluding carboxylic acids is 2. The predicted octanol–water partition coefficient (Wildman–Crippen LogP) is 1.60. The van der Waals surface area contributed by atoms with Crippen molar-refractivity contribution in [1.29, 1.82) is 0 Å². The highest BCUT2D eigenvalue weighted by Crippen LogP contribution is 2.36. The van der Waals surface area contributed by atoms with Crippen molar-refractivity contribution in [1.82, 2.24) is 9.96 Å². The molecule has 1 aromatic carbocycles. The lowest BCUT2D eigenvalue weighted by molar-refractivity contribution is -0.197. The lowest BCUT2D eigenvalue weighted by atomic mass is 9.88. The summed E-state index contributed by atoms with van der Waals surface area (Å²) in [5.74, 6) is -0.822. The van der Waals surface area contributed by atoms with Crippen LogP contribution in [-0.4, -0.2) is 54.6 Å². The molecule has 124 valence electrons. The maximum Gasteiger partial charge on any atom is 0.260 e. The zero-order valence-electron chi connectivity index (χ0n) is 13.2. The third kappa shape index (κ3) is 2.76. The van der Waals surface area contributed by atoms with Gasteiger partial charge in [0.1, 0.15) is 22.7 Å². The van der Waals surface area contributed by atoms with Crippen molar-refractivity contribution >= 4 is 11.8 Å². The van der Waals surface area contributed by atoms with Gasteiger partial charge in [-0.3, -0.25) is 14.4 Å². The molecule has 0 bridgehead atoms. The summed E-state index contributed by atoms with van der Waals surface area (Å²) < 4.78 is 19.1. The number of benzene rings is 1. The highest BCUT2D eigenvalue weighted by atomic mass is 19.1. The highest BCUT2D eigenvalue weighted by molar-refractivity contribution is 5.97. The molecule has 6 nitrogen and oxygen atoms in total. The van der Waals surface area contributed by atoms with Gasteiger partial charge in [0.05, 0.1) is 13.5 Å². The van der Waals surface area contributed by atoms with Crippen LogP contribution < -0.4 is 4.74 Å². The van der Waals surface area contributed by atoms with Crippen LogP contribution in [0.3, 0.4) is 0 Å². The largest absolute Gasteiger partial charge is 0.496 e. The smallest absolute Gasteiger partial charge is 0.260 e. The quantitative estimate of drug-likeness (QED) is 0.830. The van der Waals surface area contributed by atoms with Gasteiger partial charge in [0, 0.05) is 20.1 Å². The fraction of sp³-hybridized carbons (Fsp3) is 0.500. The van der Waals surface area contributed by atoms with E-state index in [1.807, 2.05) is 0 Å². The number of halogens is 1. The summed E-state index contributed by atoms with van der Waals surface area (Å²) in [6.45, 7) is 0.828. The molecular weight excluding hydrogens is 303 g/mol. The lowest BCUT2D eigenvalue weighted by Crippen LogP contribution is -2.47. The van der Waals surface area contributed by atoms with Gasteiger partial charge >= 0.3 is 0 Å². The average molecular weight is 322 g/mol. The van der Waals surface area contributed by atoms with E-state index in [-0.39, 0.29) is 17.2 Å². The van der Waals surface area contributed by atoms with Gasteiger partial charge in [-0.25, -0.2) is 9.45 Å². The molecule has 2 aliphatic heterocycles. The molecule has 0 N–H and O–H groups in total. The van der Waals surface area contributed by atoms with E-state index in [9.17, 15) is 14.0 Å². The minimum Gasteiger partial charge on any atom is -0.496 e. The Balaban J connectivity index is 1.73. The van der Waals surface area contributed by atoms with Crippen LogP contribution in [0.1, 0.15) is 29.6 Å². The summed E-state index contributed by atoms with van der Waals surface area (Å²) in [5, 5.41) is 1.26. The van der Waals surface area contributed by atoms with Crippen LogP contribution in [0.2, 0.25) is 0 Å². The molecule has 0 radical (unpaired) electrons. The number of hydrogen-bond acceptors (Lipinski definition) is 4. The number of hydrogen-bond donors (Lipinski definition) is 0. The van der Waals surface area contributed by atoms with Crippen LogP contribution >= 0.6 is 0 Å². The SMILES string of the molecule is COc1cccc(F)c1C(=O)N1CCC2(CC1)CC(=O)N(C)O2. The van der Waals surface area contributed by atoms with Crippen molar-refractivity contribution in [2.75, 3.05) is 27.2 Å². The van der Waals surface area contributed by atoms with E-state index in [0.717, 1.165) is 0 Å². The molecule has 2 aliphatic rings. The number of ether oxygens (including phenoxy) is 1. The zero-order valence-corrected chi connectivity index (χ0v) is 13.2. The van der Waals surface area contributed by atoms with Crippen LogP contribution in [-0.2, 0) is 9.63 Å². The summed E-state index contributed by atoms with van der Waals surface area (Å²) in [7, 11) is 3.00. The van der Waals surface area contributed by atoms with Crippen molar-refractivity contribution in [2.24, 2.45) is 0 Å². The maximum absolute atomic E-state index is 14.0. The van der Waals surface area contributed by atoms with Crippen LogP contribution in [0.25, 0.3) is 0 Å². The Labute approximate surface area is 133 Å². The monoisotopic (exact) mass is 322 g/mol. The molecular formula is C16H19FN2O4. The second-order valence-electron chi connectivity index (χ2n) is 5.95. The first-order chi connectivity index (χ1) is 11.0. The molecule has 0 saturated carbocycles. The average Bonchev–Trinajstić information content (AvgIpc) is 2.81. The standard InChI is InChI=1S/C16H19FN2O4/c1-18-13(20)10-16(23-18)6-8-19(9-7-16)15(21)14-11(17)4-3-5-12(14)22-2/h3-5H,6-10H2,1-2H3. The van der Waals surface area contributed by atoms with Gasteiger partial charge in [-0.1, -0.05) is 6.07 Å². The van der Waals surface area contributed by atoms with Gasteiger partial charge in [0.2, 0.25) is 5.91 Å². The minimum atomic E-state index is -0.596. The topological polar surface area (TPSA) is 59.1 Å². The van der Waals surface area contributed by atoms with E-state index in [4.69, 9.17) is 9.57 Å². The van der Waals surface area contributed by atoms with E-state index in [1.165, 1.54) is 24.3 Å². The Morgan fingerprint density at radius 1 is 1.35 bits per heavy atom. The molecule has 2 saturated heterocycles. The normalized spacial score (nSPS) is 20.2. The molecule has 0 atom stereocenters. The maximum atomic E-state index is 14.0. The lowest BCUT2D eigenvalue weighted by Gasteiger charge is -2.37. The number of nitrogens with zero attached hydrogens (tertiary/aromatic N) is 2. The van der Waals surface area contributed by atoms with Crippen molar-refractivity contribution in [3.63, 3.8) is 0 Å². The van der Waals surface area contributed by atoms with E-state index >= 15 is 0 Å². The summed E-state index contributed by atoms with van der Waals surface area (Å²) >= 11 is 0. The first-order valence-electron chi connectivity index (χ1n) is 7.53. The van der Waals surface area contributed by atoms with Crippen LogP contribution in [0.5, 0.6) is 5.75 Å². The second-order valence-corrected chi connectivity index (χ2v) is 5.95. The first-order valence-corrected chi connectivity index (χ1v) is 7.53. The summed E-state index contributed by atoms with van der Waals surface area (Å²) in [6, 6.07) is 4.31. The second kappa shape index (κ2) is 5.81. The number of piperidine rings is 1. The van der Waals surface area contributed by atoms with Gasteiger partial charge in [0.25, 0.3) is 5.91 Å². The predicted molar refractivity (Wildman–Crippen MR) is 79.3 cm³/mol. The molecule has 1 aromatic rings. The highest BCUT2D eigenvalue weighted by Gasteiger charge is 2.46. The Hall–Kier alpha value is -2.15. The summed E-state index contributed by atoms with van der Waals surface area (Å²) in [5.41, 5.74) is -0.575. The molecule has 2 amide bonds. The van der Waals surface area contributed by atoms with E-state index < -0.39 is 17.3 Å². The van der Waals surface area contributed by atoms with Crippen molar-refractivity contribution in [3.05, 3.63) is 29.6 Å². The fourth-order valence-electron chi connectivity index (χ4n) is 3.19. The minimum absolute atomic E-state index is 0.0496. The zero-order chi connectivity index (χ0) is 16.6. The van der Waals surface area contributed by atoms with E-state index in [2.05, 4.69) is 0 Å². The van der Waals surface area contributed by atoms with Gasteiger partial charge in [-0.2, -0.15) is 0 Å². The van der Waals surface area contributed by atoms with Crippen LogP contribution in [0.15, 0.2) is 18.2 Å². The van der Waals surface area contributed by atoms with Gasteiger partial charge in [-0.05, 0) is 25.0 Å². The number of hydroxylamine groups is 2. The number of methoxy groups -OCH3 is 1. The Morgan fingerprint density at radius 3 is 2.61 bits per heavy atom. The number of amides is 2. The first kappa shape index (κ1) is 15.7. The molecule has 0 unspecified atom stereocenters. The summed E-state index contributed by atoms with van der Waals surface area (Å²) in [6.07, 6.45) is 1.42. The molecule has 7 heteroatoms. The van der Waals surface area contributed by atoms with Gasteiger partial charge in [-0.15, -0.1) is 0 Å². The molecule has 0 aromatic heterocycles.